The maximum atomic E-state index is 12.9. The highest BCUT2D eigenvalue weighted by Gasteiger charge is 2.36. The molecule has 2 aromatic rings. The summed E-state index contributed by atoms with van der Waals surface area (Å²) in [6.07, 6.45) is -2.66. The fourth-order valence-corrected chi connectivity index (χ4v) is 5.16. The van der Waals surface area contributed by atoms with E-state index in [0.29, 0.717) is 30.6 Å². The molecule has 1 amide bonds. The summed E-state index contributed by atoms with van der Waals surface area (Å²) in [6.45, 7) is 3.39. The molecule has 206 valence electrons. The van der Waals surface area contributed by atoms with E-state index in [0.717, 1.165) is 6.92 Å². The minimum Gasteiger partial charge on any atom is -0.496 e. The summed E-state index contributed by atoms with van der Waals surface area (Å²) in [6, 6.07) is 2.67. The van der Waals surface area contributed by atoms with Crippen molar-refractivity contribution in [2.75, 3.05) is 31.8 Å². The maximum Gasteiger partial charge on any atom is 0.408 e. The molecule has 1 aromatic heterocycles. The van der Waals surface area contributed by atoms with Crippen molar-refractivity contribution in [3.8, 4) is 17.0 Å². The number of hydrogen-bond acceptors (Lipinski definition) is 7. The minimum atomic E-state index is -4.42. The Hall–Kier alpha value is -2.51. The van der Waals surface area contributed by atoms with Crippen LogP contribution in [0.3, 0.4) is 0 Å². The third kappa shape index (κ3) is 6.88. The zero-order chi connectivity index (χ0) is 27.5. The van der Waals surface area contributed by atoms with E-state index in [1.165, 1.54) is 30.2 Å². The summed E-state index contributed by atoms with van der Waals surface area (Å²) in [5.41, 5.74) is 1.01. The second kappa shape index (κ2) is 11.5. The average molecular weight is 567 g/mol. The number of ether oxygens (including phenoxy) is 2. The van der Waals surface area contributed by atoms with Crippen molar-refractivity contribution in [1.82, 2.24) is 15.1 Å². The van der Waals surface area contributed by atoms with Crippen molar-refractivity contribution < 1.29 is 35.9 Å². The number of carbonyl (C=O) groups excluding carboxylic acids is 1. The van der Waals surface area contributed by atoms with Gasteiger partial charge in [-0.3, -0.25) is 9.48 Å². The highest BCUT2D eigenvalue weighted by atomic mass is 35.5. The molecule has 3 atom stereocenters. The number of anilines is 1. The van der Waals surface area contributed by atoms with Crippen LogP contribution in [-0.4, -0.2) is 74.2 Å². The predicted molar refractivity (Wildman–Crippen MR) is 134 cm³/mol. The molecule has 0 bridgehead atoms. The number of halogens is 4. The SMILES string of the molecule is CCn1nc(C(=O)NC[C@H]2CC[C@@H](S(C)(=O)=O)CO2)c(Cl)c1-c1ccc(N[C@H](C)C(F)(F)F)cc1OC. The highest BCUT2D eigenvalue weighted by Crippen LogP contribution is 2.39. The van der Waals surface area contributed by atoms with Crippen LogP contribution in [0, 0.1) is 0 Å². The molecular weight excluding hydrogens is 537 g/mol. The number of hydrogen-bond donors (Lipinski definition) is 2. The molecule has 0 aliphatic carbocycles. The number of methoxy groups -OCH3 is 1. The molecule has 1 aromatic carbocycles. The molecule has 3 rings (SSSR count). The van der Waals surface area contributed by atoms with Crippen molar-refractivity contribution in [2.24, 2.45) is 0 Å². The van der Waals surface area contributed by atoms with Crippen molar-refractivity contribution in [3.05, 3.63) is 28.9 Å². The van der Waals surface area contributed by atoms with Crippen LogP contribution in [0.25, 0.3) is 11.3 Å². The first-order chi connectivity index (χ1) is 17.3. The number of carbonyl (C=O) groups is 1. The summed E-state index contributed by atoms with van der Waals surface area (Å²) in [4.78, 5) is 12.9. The van der Waals surface area contributed by atoms with E-state index in [4.69, 9.17) is 21.1 Å². The first-order valence-corrected chi connectivity index (χ1v) is 14.0. The molecule has 1 saturated heterocycles. The first-order valence-electron chi connectivity index (χ1n) is 11.6. The van der Waals surface area contributed by atoms with E-state index in [1.54, 1.807) is 13.0 Å². The van der Waals surface area contributed by atoms with E-state index in [-0.39, 0.29) is 41.4 Å². The summed E-state index contributed by atoms with van der Waals surface area (Å²) >= 11 is 6.58. The Morgan fingerprint density at radius 1 is 1.35 bits per heavy atom. The van der Waals surface area contributed by atoms with Crippen LogP contribution in [0.4, 0.5) is 18.9 Å². The Bertz CT molecular complexity index is 1230. The lowest BCUT2D eigenvalue weighted by molar-refractivity contribution is -0.138. The van der Waals surface area contributed by atoms with E-state index in [9.17, 15) is 26.4 Å². The molecule has 0 saturated carbocycles. The van der Waals surface area contributed by atoms with Gasteiger partial charge < -0.3 is 20.1 Å². The molecule has 9 nitrogen and oxygen atoms in total. The van der Waals surface area contributed by atoms with Gasteiger partial charge in [-0.2, -0.15) is 18.3 Å². The van der Waals surface area contributed by atoms with Gasteiger partial charge in [-0.25, -0.2) is 8.42 Å². The third-order valence-electron chi connectivity index (χ3n) is 6.16. The van der Waals surface area contributed by atoms with Crippen molar-refractivity contribution in [2.45, 2.75) is 56.8 Å². The van der Waals surface area contributed by atoms with Crippen LogP contribution < -0.4 is 15.4 Å². The van der Waals surface area contributed by atoms with Crippen molar-refractivity contribution in [1.29, 1.82) is 0 Å². The van der Waals surface area contributed by atoms with E-state index in [2.05, 4.69) is 15.7 Å². The zero-order valence-corrected chi connectivity index (χ0v) is 22.4. The lowest BCUT2D eigenvalue weighted by Gasteiger charge is -2.28. The molecular formula is C23H30ClF3N4O5S. The monoisotopic (exact) mass is 566 g/mol. The Labute approximate surface area is 218 Å². The van der Waals surface area contributed by atoms with Crippen molar-refractivity contribution in [3.63, 3.8) is 0 Å². The molecule has 2 N–H and O–H groups in total. The fourth-order valence-electron chi connectivity index (χ4n) is 3.95. The molecule has 0 unspecified atom stereocenters. The highest BCUT2D eigenvalue weighted by molar-refractivity contribution is 7.91. The Morgan fingerprint density at radius 3 is 2.59 bits per heavy atom. The molecule has 14 heteroatoms. The first kappa shape index (κ1) is 29.1. The molecule has 1 fully saturated rings. The lowest BCUT2D eigenvalue weighted by Crippen LogP contribution is -2.41. The number of alkyl halides is 3. The van der Waals surface area contributed by atoms with Gasteiger partial charge in [0.25, 0.3) is 5.91 Å². The summed E-state index contributed by atoms with van der Waals surface area (Å²) in [5, 5.41) is 8.95. The smallest absolute Gasteiger partial charge is 0.408 e. The van der Waals surface area contributed by atoms with Gasteiger partial charge in [-0.1, -0.05) is 11.6 Å². The van der Waals surface area contributed by atoms with Gasteiger partial charge in [0.2, 0.25) is 0 Å². The van der Waals surface area contributed by atoms with Gasteiger partial charge in [0.15, 0.2) is 15.5 Å². The minimum absolute atomic E-state index is 0.0294. The van der Waals surface area contributed by atoms with E-state index in [1.807, 2.05) is 0 Å². The number of amides is 1. The van der Waals surface area contributed by atoms with Gasteiger partial charge in [0, 0.05) is 36.7 Å². The Morgan fingerprint density at radius 2 is 2.05 bits per heavy atom. The fraction of sp³-hybridized carbons (Fsp3) is 0.565. The van der Waals surface area contributed by atoms with Crippen LogP contribution in [-0.2, 0) is 21.1 Å². The normalized spacial score (nSPS) is 19.4. The van der Waals surface area contributed by atoms with Crippen LogP contribution in [0.2, 0.25) is 5.02 Å². The van der Waals surface area contributed by atoms with Crippen LogP contribution >= 0.6 is 11.6 Å². The Kier molecular flexibility index (Phi) is 9.01. The molecule has 2 heterocycles. The second-order valence-corrected chi connectivity index (χ2v) is 11.5. The number of benzene rings is 1. The number of nitrogens with zero attached hydrogens (tertiary/aromatic N) is 2. The second-order valence-electron chi connectivity index (χ2n) is 8.84. The van der Waals surface area contributed by atoms with Crippen LogP contribution in [0.15, 0.2) is 18.2 Å². The van der Waals surface area contributed by atoms with Gasteiger partial charge in [-0.15, -0.1) is 0 Å². The van der Waals surface area contributed by atoms with Gasteiger partial charge in [-0.05, 0) is 38.8 Å². The number of rotatable bonds is 9. The summed E-state index contributed by atoms with van der Waals surface area (Å²) in [7, 11) is -1.81. The molecule has 1 aliphatic rings. The van der Waals surface area contributed by atoms with Gasteiger partial charge in [0.05, 0.1) is 35.8 Å². The standard InChI is InChI=1S/C23H30ClF3N4O5S/c1-5-31-21(17-9-6-14(10-18(17)35-3)29-13(2)23(25,26)27)19(24)20(30-31)22(32)28-11-15-7-8-16(12-36-15)37(4,33)34/h6,9-10,13,15-16,29H,5,7-8,11-12H2,1-4H3,(H,28,32)/t13-,15-,16-/m1/s1. The molecule has 0 radical (unpaired) electrons. The summed E-state index contributed by atoms with van der Waals surface area (Å²) < 4.78 is 74.7. The topological polar surface area (TPSA) is 112 Å². The number of aromatic nitrogens is 2. The number of sulfone groups is 1. The predicted octanol–water partition coefficient (Wildman–Crippen LogP) is 3.92. The lowest BCUT2D eigenvalue weighted by atomic mass is 10.1. The number of nitrogens with one attached hydrogen (secondary N) is 2. The third-order valence-corrected chi connectivity index (χ3v) is 8.11. The molecule has 0 spiro atoms. The number of aryl methyl sites for hydroxylation is 1. The largest absolute Gasteiger partial charge is 0.496 e. The summed E-state index contributed by atoms with van der Waals surface area (Å²) in [5.74, 6) is -0.289. The zero-order valence-electron chi connectivity index (χ0n) is 20.9. The molecule has 1 aliphatic heterocycles. The van der Waals surface area contributed by atoms with Crippen LogP contribution in [0.1, 0.15) is 37.2 Å². The average Bonchev–Trinajstić information content (AvgIpc) is 3.17. The van der Waals surface area contributed by atoms with E-state index >= 15 is 0 Å². The Balaban J connectivity index is 1.78. The van der Waals surface area contributed by atoms with E-state index < -0.39 is 33.2 Å². The van der Waals surface area contributed by atoms with Gasteiger partial charge >= 0.3 is 6.18 Å². The van der Waals surface area contributed by atoms with Gasteiger partial charge in [0.1, 0.15) is 11.8 Å². The molecule has 37 heavy (non-hydrogen) atoms. The van der Waals surface area contributed by atoms with Crippen molar-refractivity contribution >= 4 is 33.0 Å². The van der Waals surface area contributed by atoms with Crippen LogP contribution in [0.5, 0.6) is 5.75 Å². The quantitative estimate of drug-likeness (QED) is 0.473. The maximum absolute atomic E-state index is 12.9.